The molecule has 28 heavy (non-hydrogen) atoms. The molecule has 2 fully saturated rings. The third kappa shape index (κ3) is 3.29. The molecule has 1 aliphatic carbocycles. The maximum absolute atomic E-state index is 12.6. The minimum absolute atomic E-state index is 0.00389. The summed E-state index contributed by atoms with van der Waals surface area (Å²) in [5, 5.41) is 13.7. The second kappa shape index (κ2) is 7.02. The zero-order valence-corrected chi connectivity index (χ0v) is 15.8. The fourth-order valence-electron chi connectivity index (χ4n) is 4.65. The lowest BCUT2D eigenvalue weighted by molar-refractivity contribution is 0.00987. The highest BCUT2D eigenvalue weighted by molar-refractivity contribution is 5.92. The van der Waals surface area contributed by atoms with Gasteiger partial charge in [0.15, 0.2) is 5.69 Å². The van der Waals surface area contributed by atoms with E-state index in [1.165, 1.54) is 23.6 Å². The average molecular weight is 376 g/mol. The molecule has 1 aliphatic heterocycles. The first-order valence-electron chi connectivity index (χ1n) is 10.0. The Labute approximate surface area is 163 Å². The van der Waals surface area contributed by atoms with Crippen LogP contribution in [0.15, 0.2) is 48.7 Å². The van der Waals surface area contributed by atoms with Crippen LogP contribution >= 0.6 is 0 Å². The topological polar surface area (TPSA) is 69.0 Å². The molecule has 0 radical (unpaired) electrons. The summed E-state index contributed by atoms with van der Waals surface area (Å²) < 4.78 is 7.74. The summed E-state index contributed by atoms with van der Waals surface area (Å²) in [4.78, 5) is 12.6. The quantitative estimate of drug-likeness (QED) is 0.758. The van der Waals surface area contributed by atoms with E-state index in [2.05, 4.69) is 39.9 Å². The fraction of sp³-hybridized carbons (Fsp3) is 0.409. The van der Waals surface area contributed by atoms with Gasteiger partial charge in [-0.15, -0.1) is 5.10 Å². The van der Waals surface area contributed by atoms with Crippen molar-refractivity contribution in [2.45, 2.75) is 50.3 Å². The van der Waals surface area contributed by atoms with Gasteiger partial charge >= 0.3 is 0 Å². The number of nitrogens with one attached hydrogen (secondary N) is 1. The Morgan fingerprint density at radius 1 is 1.18 bits per heavy atom. The number of carbonyl (C=O) groups is 1. The standard InChI is InChI=1S/C22H24N4O2/c27-21(23-18-12-22(28-15-18)10-3-4-11-22)20-14-26(25-24-20)13-17-8-5-7-16-6-1-2-9-19(16)17/h1-2,5-9,14,18H,3-4,10-13,15H2,(H,23,27). The summed E-state index contributed by atoms with van der Waals surface area (Å²) in [7, 11) is 0. The van der Waals surface area contributed by atoms with Gasteiger partial charge in [0.25, 0.3) is 5.91 Å². The van der Waals surface area contributed by atoms with Crippen LogP contribution in [0.4, 0.5) is 0 Å². The molecule has 3 aromatic rings. The van der Waals surface area contributed by atoms with Crippen molar-refractivity contribution in [2.24, 2.45) is 0 Å². The van der Waals surface area contributed by atoms with Crippen molar-refractivity contribution in [2.75, 3.05) is 6.61 Å². The Kier molecular flexibility index (Phi) is 4.36. The van der Waals surface area contributed by atoms with Gasteiger partial charge in [-0.25, -0.2) is 4.68 Å². The smallest absolute Gasteiger partial charge is 0.273 e. The molecule has 2 heterocycles. The molecule has 0 bridgehead atoms. The number of nitrogens with zero attached hydrogens (tertiary/aromatic N) is 3. The van der Waals surface area contributed by atoms with Gasteiger partial charge in [-0.2, -0.15) is 0 Å². The number of carbonyl (C=O) groups excluding carboxylic acids is 1. The number of hydrogen-bond donors (Lipinski definition) is 1. The largest absolute Gasteiger partial charge is 0.373 e. The second-order valence-corrected chi connectivity index (χ2v) is 8.02. The van der Waals surface area contributed by atoms with Crippen LogP contribution in [-0.4, -0.2) is 39.2 Å². The highest BCUT2D eigenvalue weighted by Gasteiger charge is 2.42. The highest BCUT2D eigenvalue weighted by atomic mass is 16.5. The van der Waals surface area contributed by atoms with Gasteiger partial charge in [-0.05, 0) is 35.6 Å². The first-order chi connectivity index (χ1) is 13.7. The molecule has 1 N–H and O–H groups in total. The van der Waals surface area contributed by atoms with E-state index in [-0.39, 0.29) is 17.6 Å². The van der Waals surface area contributed by atoms with Crippen molar-refractivity contribution in [3.05, 3.63) is 59.9 Å². The molecule has 2 aliphatic rings. The van der Waals surface area contributed by atoms with Crippen LogP contribution < -0.4 is 5.32 Å². The minimum Gasteiger partial charge on any atom is -0.373 e. The molecular formula is C22H24N4O2. The summed E-state index contributed by atoms with van der Waals surface area (Å²) in [5.74, 6) is -0.173. The van der Waals surface area contributed by atoms with Gasteiger partial charge in [-0.3, -0.25) is 4.79 Å². The molecule has 1 saturated carbocycles. The molecule has 2 aromatic carbocycles. The predicted octanol–water partition coefficient (Wildman–Crippen LogP) is 3.31. The third-order valence-electron chi connectivity index (χ3n) is 6.04. The molecular weight excluding hydrogens is 352 g/mol. The first-order valence-corrected chi connectivity index (χ1v) is 10.0. The lowest BCUT2D eigenvalue weighted by atomic mass is 9.96. The number of rotatable bonds is 4. The summed E-state index contributed by atoms with van der Waals surface area (Å²) in [6, 6.07) is 14.6. The molecule has 1 aromatic heterocycles. The van der Waals surface area contributed by atoms with Crippen LogP contribution in [0.1, 0.15) is 48.2 Å². The molecule has 6 nitrogen and oxygen atoms in total. The fourth-order valence-corrected chi connectivity index (χ4v) is 4.65. The maximum Gasteiger partial charge on any atom is 0.273 e. The molecule has 1 unspecified atom stereocenters. The van der Waals surface area contributed by atoms with E-state index in [4.69, 9.17) is 4.74 Å². The van der Waals surface area contributed by atoms with Gasteiger partial charge in [-0.1, -0.05) is 60.5 Å². The summed E-state index contributed by atoms with van der Waals surface area (Å²) in [6.45, 7) is 1.17. The molecule has 5 rings (SSSR count). The van der Waals surface area contributed by atoms with Crippen molar-refractivity contribution in [1.29, 1.82) is 0 Å². The van der Waals surface area contributed by atoms with E-state index in [1.807, 2.05) is 18.2 Å². The van der Waals surface area contributed by atoms with Crippen LogP contribution in [0, 0.1) is 0 Å². The van der Waals surface area contributed by atoms with Gasteiger partial charge in [0.1, 0.15) is 0 Å². The van der Waals surface area contributed by atoms with Crippen molar-refractivity contribution in [1.82, 2.24) is 20.3 Å². The Hall–Kier alpha value is -2.73. The normalized spacial score (nSPS) is 20.8. The monoisotopic (exact) mass is 376 g/mol. The Bertz CT molecular complexity index is 1000. The summed E-state index contributed by atoms with van der Waals surface area (Å²) in [5.41, 5.74) is 1.51. The summed E-state index contributed by atoms with van der Waals surface area (Å²) >= 11 is 0. The van der Waals surface area contributed by atoms with Crippen molar-refractivity contribution < 1.29 is 9.53 Å². The van der Waals surface area contributed by atoms with E-state index >= 15 is 0 Å². The van der Waals surface area contributed by atoms with Crippen LogP contribution in [0.3, 0.4) is 0 Å². The van der Waals surface area contributed by atoms with E-state index < -0.39 is 0 Å². The Morgan fingerprint density at radius 2 is 2.00 bits per heavy atom. The van der Waals surface area contributed by atoms with Crippen LogP contribution in [-0.2, 0) is 11.3 Å². The SMILES string of the molecule is O=C(NC1COC2(CCCC2)C1)c1cn(Cc2cccc3ccccc23)nn1. The number of benzene rings is 2. The lowest BCUT2D eigenvalue weighted by Crippen LogP contribution is -2.36. The zero-order chi connectivity index (χ0) is 19.0. The van der Waals surface area contributed by atoms with Crippen molar-refractivity contribution in [3.8, 4) is 0 Å². The molecule has 1 amide bonds. The molecule has 1 saturated heterocycles. The zero-order valence-electron chi connectivity index (χ0n) is 15.8. The van der Waals surface area contributed by atoms with Gasteiger partial charge in [0.05, 0.1) is 31.0 Å². The van der Waals surface area contributed by atoms with E-state index in [0.717, 1.165) is 24.8 Å². The first kappa shape index (κ1) is 17.4. The molecule has 1 spiro atoms. The molecule has 1 atom stereocenters. The number of aromatic nitrogens is 3. The average Bonchev–Trinajstić information content (AvgIpc) is 3.45. The number of fused-ring (bicyclic) bond motifs is 1. The third-order valence-corrected chi connectivity index (χ3v) is 6.04. The van der Waals surface area contributed by atoms with Crippen LogP contribution in [0.5, 0.6) is 0 Å². The molecule has 6 heteroatoms. The number of hydrogen-bond acceptors (Lipinski definition) is 4. The highest BCUT2D eigenvalue weighted by Crippen LogP contribution is 2.40. The second-order valence-electron chi connectivity index (χ2n) is 8.02. The van der Waals surface area contributed by atoms with Gasteiger partial charge in [0, 0.05) is 0 Å². The van der Waals surface area contributed by atoms with Crippen molar-refractivity contribution in [3.63, 3.8) is 0 Å². The Morgan fingerprint density at radius 3 is 2.89 bits per heavy atom. The summed E-state index contributed by atoms with van der Waals surface area (Å²) in [6.07, 6.45) is 7.30. The van der Waals surface area contributed by atoms with E-state index in [0.29, 0.717) is 18.8 Å². The minimum atomic E-state index is -0.173. The van der Waals surface area contributed by atoms with Crippen molar-refractivity contribution >= 4 is 16.7 Å². The number of amides is 1. The predicted molar refractivity (Wildman–Crippen MR) is 106 cm³/mol. The van der Waals surface area contributed by atoms with Gasteiger partial charge in [0.2, 0.25) is 0 Å². The van der Waals surface area contributed by atoms with Gasteiger partial charge < -0.3 is 10.1 Å². The van der Waals surface area contributed by atoms with E-state index in [9.17, 15) is 4.79 Å². The van der Waals surface area contributed by atoms with E-state index in [1.54, 1.807) is 10.9 Å². The Balaban J connectivity index is 1.26. The maximum atomic E-state index is 12.6. The van der Waals surface area contributed by atoms with Crippen LogP contribution in [0.25, 0.3) is 10.8 Å². The molecule has 144 valence electrons. The lowest BCUT2D eigenvalue weighted by Gasteiger charge is -2.21. The van der Waals surface area contributed by atoms with Crippen LogP contribution in [0.2, 0.25) is 0 Å². The number of ether oxygens (including phenoxy) is 1.